The first kappa shape index (κ1) is 11.6. The summed E-state index contributed by atoms with van der Waals surface area (Å²) in [5, 5.41) is 0. The van der Waals surface area contributed by atoms with Crippen molar-refractivity contribution in [3.63, 3.8) is 0 Å². The van der Waals surface area contributed by atoms with Crippen molar-refractivity contribution in [2.75, 3.05) is 20.2 Å². The average Bonchev–Trinajstić information content (AvgIpc) is 2.78. The van der Waals surface area contributed by atoms with Crippen molar-refractivity contribution in [3.05, 3.63) is 23.7 Å². The first-order chi connectivity index (χ1) is 7.81. The fraction of sp³-hybridized carbons (Fsp3) is 0.667. The number of nitrogens with zero attached hydrogens (tertiary/aromatic N) is 1. The summed E-state index contributed by atoms with van der Waals surface area (Å²) >= 11 is 0. The van der Waals surface area contributed by atoms with E-state index in [1.165, 1.54) is 0 Å². The topological polar surface area (TPSA) is 51.6 Å². The molecule has 0 saturated carbocycles. The number of likely N-dealkylation sites (tertiary alicyclic amines) is 1. The Morgan fingerprint density at radius 1 is 1.50 bits per heavy atom. The zero-order valence-corrected chi connectivity index (χ0v) is 9.82. The molecule has 0 bridgehead atoms. The van der Waals surface area contributed by atoms with E-state index in [9.17, 15) is 0 Å². The number of hydrogen-bond acceptors (Lipinski definition) is 4. The minimum absolute atomic E-state index is 0.437. The quantitative estimate of drug-likeness (QED) is 0.838. The van der Waals surface area contributed by atoms with Gasteiger partial charge < -0.3 is 14.9 Å². The lowest BCUT2D eigenvalue weighted by Crippen LogP contribution is -2.36. The summed E-state index contributed by atoms with van der Waals surface area (Å²) in [6.07, 6.45) is 4.41. The average molecular weight is 224 g/mol. The van der Waals surface area contributed by atoms with Crippen molar-refractivity contribution >= 4 is 0 Å². The number of rotatable bonds is 4. The molecule has 2 rings (SSSR count). The maximum Gasteiger partial charge on any atom is 0.118 e. The molecule has 16 heavy (non-hydrogen) atoms. The minimum atomic E-state index is 0.437. The summed E-state index contributed by atoms with van der Waals surface area (Å²) in [5.41, 5.74) is 6.61. The molecule has 1 saturated heterocycles. The first-order valence-corrected chi connectivity index (χ1v) is 5.83. The third-order valence-corrected chi connectivity index (χ3v) is 3.19. The monoisotopic (exact) mass is 224 g/mol. The molecule has 1 aromatic heterocycles. The Morgan fingerprint density at radius 3 is 2.81 bits per heavy atom. The van der Waals surface area contributed by atoms with Gasteiger partial charge >= 0.3 is 0 Å². The van der Waals surface area contributed by atoms with E-state index in [0.29, 0.717) is 12.6 Å². The molecule has 1 aromatic rings. The predicted molar refractivity (Wildman–Crippen MR) is 61.9 cm³/mol. The normalized spacial score (nSPS) is 19.1. The highest BCUT2D eigenvalue weighted by molar-refractivity contribution is 5.12. The van der Waals surface area contributed by atoms with Gasteiger partial charge in [0.05, 0.1) is 18.9 Å². The van der Waals surface area contributed by atoms with Crippen molar-refractivity contribution in [2.24, 2.45) is 5.73 Å². The molecular formula is C12H20N2O2. The SMILES string of the molecule is COC1CCN(Cc2cc(CN)co2)CC1. The van der Waals surface area contributed by atoms with Crippen molar-refractivity contribution in [3.8, 4) is 0 Å². The van der Waals surface area contributed by atoms with E-state index >= 15 is 0 Å². The van der Waals surface area contributed by atoms with Crippen LogP contribution in [0.2, 0.25) is 0 Å². The molecule has 1 aliphatic heterocycles. The van der Waals surface area contributed by atoms with Gasteiger partial charge in [0.1, 0.15) is 5.76 Å². The Morgan fingerprint density at radius 2 is 2.25 bits per heavy atom. The molecule has 2 heterocycles. The second-order valence-electron chi connectivity index (χ2n) is 4.34. The van der Waals surface area contributed by atoms with Crippen molar-refractivity contribution in [1.82, 2.24) is 4.90 Å². The number of nitrogens with two attached hydrogens (primary N) is 1. The molecule has 0 aromatic carbocycles. The summed E-state index contributed by atoms with van der Waals surface area (Å²) < 4.78 is 10.8. The minimum Gasteiger partial charge on any atom is -0.468 e. The number of methoxy groups -OCH3 is 1. The smallest absolute Gasteiger partial charge is 0.118 e. The van der Waals surface area contributed by atoms with Crippen molar-refractivity contribution in [2.45, 2.75) is 32.0 Å². The van der Waals surface area contributed by atoms with Crippen LogP contribution in [0, 0.1) is 0 Å². The van der Waals surface area contributed by atoms with E-state index in [0.717, 1.165) is 43.8 Å². The highest BCUT2D eigenvalue weighted by atomic mass is 16.5. The maximum absolute atomic E-state index is 5.54. The second-order valence-corrected chi connectivity index (χ2v) is 4.34. The van der Waals surface area contributed by atoms with E-state index in [-0.39, 0.29) is 0 Å². The van der Waals surface area contributed by atoms with Gasteiger partial charge in [-0.3, -0.25) is 4.90 Å². The Labute approximate surface area is 96.4 Å². The molecule has 2 N–H and O–H groups in total. The van der Waals surface area contributed by atoms with Crippen LogP contribution in [0.5, 0.6) is 0 Å². The van der Waals surface area contributed by atoms with E-state index in [1.807, 2.05) is 6.07 Å². The third-order valence-electron chi connectivity index (χ3n) is 3.19. The summed E-state index contributed by atoms with van der Waals surface area (Å²) in [6.45, 7) is 3.60. The Balaban J connectivity index is 1.82. The van der Waals surface area contributed by atoms with Crippen LogP contribution >= 0.6 is 0 Å². The summed E-state index contributed by atoms with van der Waals surface area (Å²) in [7, 11) is 1.79. The molecule has 4 heteroatoms. The van der Waals surface area contributed by atoms with Gasteiger partial charge in [-0.05, 0) is 18.9 Å². The Kier molecular flexibility index (Phi) is 3.98. The van der Waals surface area contributed by atoms with Crippen LogP contribution in [0.1, 0.15) is 24.2 Å². The highest BCUT2D eigenvalue weighted by Crippen LogP contribution is 2.16. The largest absolute Gasteiger partial charge is 0.468 e. The molecular weight excluding hydrogens is 204 g/mol. The van der Waals surface area contributed by atoms with Gasteiger partial charge in [0, 0.05) is 32.3 Å². The lowest BCUT2D eigenvalue weighted by atomic mass is 10.1. The Hall–Kier alpha value is -0.840. The van der Waals surface area contributed by atoms with Crippen LogP contribution in [0.25, 0.3) is 0 Å². The van der Waals surface area contributed by atoms with Gasteiger partial charge in [-0.1, -0.05) is 0 Å². The zero-order chi connectivity index (χ0) is 11.4. The fourth-order valence-corrected chi connectivity index (χ4v) is 2.14. The second kappa shape index (κ2) is 5.48. The lowest BCUT2D eigenvalue weighted by Gasteiger charge is -2.30. The van der Waals surface area contributed by atoms with Crippen LogP contribution < -0.4 is 5.73 Å². The maximum atomic E-state index is 5.54. The van der Waals surface area contributed by atoms with E-state index in [2.05, 4.69) is 4.90 Å². The summed E-state index contributed by atoms with van der Waals surface area (Å²) in [5.74, 6) is 1.01. The van der Waals surface area contributed by atoms with Gasteiger partial charge in [0.15, 0.2) is 0 Å². The molecule has 1 fully saturated rings. The van der Waals surface area contributed by atoms with Crippen LogP contribution in [0.15, 0.2) is 16.7 Å². The fourth-order valence-electron chi connectivity index (χ4n) is 2.14. The molecule has 0 aliphatic carbocycles. The number of furan rings is 1. The summed E-state index contributed by atoms with van der Waals surface area (Å²) in [4.78, 5) is 2.40. The third kappa shape index (κ3) is 2.84. The van der Waals surface area contributed by atoms with E-state index in [1.54, 1.807) is 13.4 Å². The van der Waals surface area contributed by atoms with E-state index in [4.69, 9.17) is 14.9 Å². The highest BCUT2D eigenvalue weighted by Gasteiger charge is 2.19. The molecule has 1 aliphatic rings. The van der Waals surface area contributed by atoms with Gasteiger partial charge in [-0.2, -0.15) is 0 Å². The molecule has 90 valence electrons. The Bertz CT molecular complexity index is 317. The number of ether oxygens (including phenoxy) is 1. The van der Waals surface area contributed by atoms with Gasteiger partial charge in [-0.15, -0.1) is 0 Å². The van der Waals surface area contributed by atoms with Crippen LogP contribution in [0.4, 0.5) is 0 Å². The predicted octanol–water partition coefficient (Wildman–Crippen LogP) is 1.35. The van der Waals surface area contributed by atoms with Crippen molar-refractivity contribution in [1.29, 1.82) is 0 Å². The van der Waals surface area contributed by atoms with E-state index < -0.39 is 0 Å². The van der Waals surface area contributed by atoms with Gasteiger partial charge in [-0.25, -0.2) is 0 Å². The van der Waals surface area contributed by atoms with Gasteiger partial charge in [0.2, 0.25) is 0 Å². The van der Waals surface area contributed by atoms with Gasteiger partial charge in [0.25, 0.3) is 0 Å². The molecule has 0 radical (unpaired) electrons. The summed E-state index contributed by atoms with van der Waals surface area (Å²) in [6, 6.07) is 2.04. The molecule has 4 nitrogen and oxygen atoms in total. The number of piperidine rings is 1. The van der Waals surface area contributed by atoms with Crippen molar-refractivity contribution < 1.29 is 9.15 Å². The van der Waals surface area contributed by atoms with Crippen LogP contribution in [-0.4, -0.2) is 31.2 Å². The molecule has 0 unspecified atom stereocenters. The lowest BCUT2D eigenvalue weighted by molar-refractivity contribution is 0.0370. The van der Waals surface area contributed by atoms with Crippen LogP contribution in [0.3, 0.4) is 0 Å². The zero-order valence-electron chi connectivity index (χ0n) is 9.82. The molecule has 0 spiro atoms. The molecule has 0 amide bonds. The molecule has 0 atom stereocenters. The standard InChI is InChI=1S/C12H20N2O2/c1-15-11-2-4-14(5-3-11)8-12-6-10(7-13)9-16-12/h6,9,11H,2-5,7-8,13H2,1H3. The number of hydrogen-bond donors (Lipinski definition) is 1. The first-order valence-electron chi connectivity index (χ1n) is 5.83. The van der Waals surface area contributed by atoms with Crippen LogP contribution in [-0.2, 0) is 17.8 Å².